The van der Waals surface area contributed by atoms with Gasteiger partial charge in [0, 0.05) is 12.6 Å². The molecular weight excluding hydrogens is 292 g/mol. The highest BCUT2D eigenvalue weighted by Gasteiger charge is 2.30. The fourth-order valence-electron chi connectivity index (χ4n) is 2.68. The lowest BCUT2D eigenvalue weighted by molar-refractivity contribution is 0.164. The van der Waals surface area contributed by atoms with Crippen LogP contribution in [-0.4, -0.2) is 32.7 Å². The van der Waals surface area contributed by atoms with E-state index in [0.29, 0.717) is 12.3 Å². The summed E-state index contributed by atoms with van der Waals surface area (Å²) in [5.74, 6) is 0.587. The third kappa shape index (κ3) is 4.29. The van der Waals surface area contributed by atoms with E-state index in [2.05, 4.69) is 10.0 Å². The number of hydrogen-bond donors (Lipinski definition) is 3. The molecule has 0 aromatic carbocycles. The van der Waals surface area contributed by atoms with E-state index in [9.17, 15) is 13.5 Å². The standard InChI is InChI=1S/C14H24N2O4S/c1-2-15-9-12-7-8-14(20-12)21(18,19)16-13-6-4-3-5-11(13)10-17/h7-8,11,13,15-17H,2-6,9-10H2,1H3. The molecule has 0 bridgehead atoms. The van der Waals surface area contributed by atoms with Crippen molar-refractivity contribution in [3.63, 3.8) is 0 Å². The summed E-state index contributed by atoms with van der Waals surface area (Å²) in [5.41, 5.74) is 0. The quantitative estimate of drug-likeness (QED) is 0.703. The first-order chi connectivity index (χ1) is 10.1. The molecule has 2 rings (SSSR count). The van der Waals surface area contributed by atoms with Gasteiger partial charge in [-0.1, -0.05) is 19.8 Å². The average molecular weight is 316 g/mol. The fourth-order valence-corrected chi connectivity index (χ4v) is 3.97. The van der Waals surface area contributed by atoms with Crippen molar-refractivity contribution in [2.75, 3.05) is 13.2 Å². The minimum Gasteiger partial charge on any atom is -0.447 e. The highest BCUT2D eigenvalue weighted by Crippen LogP contribution is 2.26. The van der Waals surface area contributed by atoms with E-state index < -0.39 is 10.0 Å². The van der Waals surface area contributed by atoms with Gasteiger partial charge in [-0.15, -0.1) is 0 Å². The summed E-state index contributed by atoms with van der Waals surface area (Å²) in [5, 5.41) is 12.4. The molecule has 0 radical (unpaired) electrons. The van der Waals surface area contributed by atoms with Crippen LogP contribution in [0.15, 0.2) is 21.6 Å². The Hall–Kier alpha value is -0.890. The third-order valence-corrected chi connectivity index (χ3v) is 5.26. The maximum Gasteiger partial charge on any atom is 0.274 e. The molecule has 1 heterocycles. The smallest absolute Gasteiger partial charge is 0.274 e. The zero-order chi connectivity index (χ0) is 15.3. The van der Waals surface area contributed by atoms with Crippen molar-refractivity contribution in [3.8, 4) is 0 Å². The Kier molecular flexibility index (Phi) is 5.80. The molecule has 1 aliphatic rings. The Morgan fingerprint density at radius 2 is 2.10 bits per heavy atom. The van der Waals surface area contributed by atoms with Gasteiger partial charge in [-0.3, -0.25) is 0 Å². The third-order valence-electron chi connectivity index (χ3n) is 3.90. The fraction of sp³-hybridized carbons (Fsp3) is 0.714. The molecule has 1 aromatic heterocycles. The van der Waals surface area contributed by atoms with Crippen molar-refractivity contribution >= 4 is 10.0 Å². The van der Waals surface area contributed by atoms with Gasteiger partial charge in [-0.25, -0.2) is 13.1 Å². The van der Waals surface area contributed by atoms with Gasteiger partial charge in [-0.2, -0.15) is 0 Å². The molecule has 6 nitrogen and oxygen atoms in total. The molecule has 21 heavy (non-hydrogen) atoms. The minimum absolute atomic E-state index is 0.00952. The van der Waals surface area contributed by atoms with E-state index in [1.807, 2.05) is 6.92 Å². The van der Waals surface area contributed by atoms with E-state index in [1.54, 1.807) is 6.07 Å². The van der Waals surface area contributed by atoms with Gasteiger partial charge in [0.2, 0.25) is 5.09 Å². The van der Waals surface area contributed by atoms with Crippen LogP contribution >= 0.6 is 0 Å². The predicted octanol–water partition coefficient (Wildman–Crippen LogP) is 1.22. The maximum atomic E-state index is 12.3. The molecule has 7 heteroatoms. The van der Waals surface area contributed by atoms with E-state index in [0.717, 1.165) is 32.2 Å². The van der Waals surface area contributed by atoms with Gasteiger partial charge < -0.3 is 14.8 Å². The first-order valence-corrected chi connectivity index (χ1v) is 8.97. The molecule has 0 aliphatic heterocycles. The normalized spacial score (nSPS) is 23.3. The topological polar surface area (TPSA) is 91.6 Å². The monoisotopic (exact) mass is 316 g/mol. The maximum absolute atomic E-state index is 12.3. The summed E-state index contributed by atoms with van der Waals surface area (Å²) < 4.78 is 32.7. The van der Waals surface area contributed by atoms with Crippen LogP contribution in [0.25, 0.3) is 0 Å². The second kappa shape index (κ2) is 7.40. The molecule has 1 fully saturated rings. The SMILES string of the molecule is CCNCc1ccc(S(=O)(=O)NC2CCCCC2CO)o1. The van der Waals surface area contributed by atoms with Crippen molar-refractivity contribution in [2.45, 2.75) is 50.3 Å². The summed E-state index contributed by atoms with van der Waals surface area (Å²) in [6.45, 7) is 3.28. The largest absolute Gasteiger partial charge is 0.447 e. The highest BCUT2D eigenvalue weighted by molar-refractivity contribution is 7.89. The zero-order valence-corrected chi connectivity index (χ0v) is 13.2. The highest BCUT2D eigenvalue weighted by atomic mass is 32.2. The average Bonchev–Trinajstić information content (AvgIpc) is 2.95. The lowest BCUT2D eigenvalue weighted by atomic mass is 9.86. The number of sulfonamides is 1. The summed E-state index contributed by atoms with van der Waals surface area (Å²) in [7, 11) is -3.66. The van der Waals surface area contributed by atoms with Gasteiger partial charge in [0.25, 0.3) is 10.0 Å². The zero-order valence-electron chi connectivity index (χ0n) is 12.3. The second-order valence-electron chi connectivity index (χ2n) is 5.46. The number of nitrogens with one attached hydrogen (secondary N) is 2. The predicted molar refractivity (Wildman–Crippen MR) is 79.2 cm³/mol. The Morgan fingerprint density at radius 3 is 2.81 bits per heavy atom. The summed E-state index contributed by atoms with van der Waals surface area (Å²) in [4.78, 5) is 0. The van der Waals surface area contributed by atoms with Crippen molar-refractivity contribution in [3.05, 3.63) is 17.9 Å². The van der Waals surface area contributed by atoms with Crippen molar-refractivity contribution in [2.24, 2.45) is 5.92 Å². The first-order valence-electron chi connectivity index (χ1n) is 7.49. The van der Waals surface area contributed by atoms with Crippen molar-refractivity contribution in [1.29, 1.82) is 0 Å². The Balaban J connectivity index is 2.05. The van der Waals surface area contributed by atoms with Crippen LogP contribution < -0.4 is 10.0 Å². The van der Waals surface area contributed by atoms with Crippen molar-refractivity contribution in [1.82, 2.24) is 10.0 Å². The van der Waals surface area contributed by atoms with E-state index in [-0.39, 0.29) is 23.7 Å². The molecule has 3 N–H and O–H groups in total. The lowest BCUT2D eigenvalue weighted by Gasteiger charge is -2.30. The van der Waals surface area contributed by atoms with E-state index in [4.69, 9.17) is 4.42 Å². The molecular formula is C14H24N2O4S. The van der Waals surface area contributed by atoms with E-state index in [1.165, 1.54) is 6.07 Å². The first kappa shape index (κ1) is 16.5. The van der Waals surface area contributed by atoms with Crippen LogP contribution in [0.2, 0.25) is 0 Å². The van der Waals surface area contributed by atoms with Gasteiger partial charge in [0.1, 0.15) is 5.76 Å². The number of aliphatic hydroxyl groups is 1. The lowest BCUT2D eigenvalue weighted by Crippen LogP contribution is -2.43. The summed E-state index contributed by atoms with van der Waals surface area (Å²) in [6.07, 6.45) is 3.63. The summed E-state index contributed by atoms with van der Waals surface area (Å²) in [6, 6.07) is 2.93. The molecule has 0 spiro atoms. The molecule has 2 atom stereocenters. The number of hydrogen-bond acceptors (Lipinski definition) is 5. The molecule has 120 valence electrons. The van der Waals surface area contributed by atoms with Gasteiger partial charge in [0.05, 0.1) is 6.54 Å². The van der Waals surface area contributed by atoms with Gasteiger partial charge in [-0.05, 0) is 37.4 Å². The van der Waals surface area contributed by atoms with Crippen LogP contribution in [0.1, 0.15) is 38.4 Å². The van der Waals surface area contributed by atoms with Crippen molar-refractivity contribution < 1.29 is 17.9 Å². The number of furan rings is 1. The Labute approximate surface area is 126 Å². The Bertz CT molecular complexity index is 541. The van der Waals surface area contributed by atoms with Crippen LogP contribution in [0.4, 0.5) is 0 Å². The van der Waals surface area contributed by atoms with Crippen LogP contribution in [0.3, 0.4) is 0 Å². The number of aliphatic hydroxyl groups excluding tert-OH is 1. The Morgan fingerprint density at radius 1 is 1.33 bits per heavy atom. The van der Waals surface area contributed by atoms with Gasteiger partial charge >= 0.3 is 0 Å². The van der Waals surface area contributed by atoms with Crippen LogP contribution in [-0.2, 0) is 16.6 Å². The molecule has 2 unspecified atom stereocenters. The van der Waals surface area contributed by atoms with E-state index >= 15 is 0 Å². The minimum atomic E-state index is -3.66. The summed E-state index contributed by atoms with van der Waals surface area (Å²) >= 11 is 0. The molecule has 0 saturated heterocycles. The molecule has 1 aromatic rings. The van der Waals surface area contributed by atoms with Gasteiger partial charge in [0.15, 0.2) is 0 Å². The molecule has 1 saturated carbocycles. The molecule has 1 aliphatic carbocycles. The van der Waals surface area contributed by atoms with Crippen LogP contribution in [0, 0.1) is 5.92 Å². The van der Waals surface area contributed by atoms with Crippen LogP contribution in [0.5, 0.6) is 0 Å². The second-order valence-corrected chi connectivity index (χ2v) is 7.10. The molecule has 0 amide bonds. The number of rotatable bonds is 7.